The van der Waals surface area contributed by atoms with E-state index in [2.05, 4.69) is 5.32 Å². The minimum atomic E-state index is -0.559. The van der Waals surface area contributed by atoms with E-state index in [0.29, 0.717) is 20.6 Å². The first-order valence-electron chi connectivity index (χ1n) is 9.26. The number of ether oxygens (including phenoxy) is 1. The molecule has 0 aliphatic rings. The summed E-state index contributed by atoms with van der Waals surface area (Å²) in [5.41, 5.74) is 2.17. The van der Waals surface area contributed by atoms with Crippen LogP contribution in [0.15, 0.2) is 71.6 Å². The van der Waals surface area contributed by atoms with Crippen molar-refractivity contribution in [1.29, 1.82) is 0 Å². The Bertz CT molecular complexity index is 1060. The largest absolute Gasteiger partial charge is 0.452 e. The van der Waals surface area contributed by atoms with E-state index >= 15 is 0 Å². The topological polar surface area (TPSA) is 55.4 Å². The third-order valence-corrected chi connectivity index (χ3v) is 6.16. The Morgan fingerprint density at radius 1 is 0.871 bits per heavy atom. The predicted octanol–water partition coefficient (Wildman–Crippen LogP) is 6.41. The number of carbonyl (C=O) groups is 2. The second-order valence-electron chi connectivity index (χ2n) is 6.53. The van der Waals surface area contributed by atoms with Gasteiger partial charge in [0.05, 0.1) is 5.56 Å². The van der Waals surface area contributed by atoms with Gasteiger partial charge < -0.3 is 10.1 Å². The fourth-order valence-electron chi connectivity index (χ4n) is 2.56. The van der Waals surface area contributed by atoms with Crippen molar-refractivity contribution in [1.82, 2.24) is 5.32 Å². The summed E-state index contributed by atoms with van der Waals surface area (Å²) in [5, 5.41) is 4.33. The molecule has 1 amide bonds. The highest BCUT2D eigenvalue weighted by molar-refractivity contribution is 7.98. The fraction of sp³-hybridized carbons (Fsp3) is 0.130. The van der Waals surface area contributed by atoms with E-state index in [4.69, 9.17) is 39.5 Å². The van der Waals surface area contributed by atoms with E-state index in [1.54, 1.807) is 42.1 Å². The van der Waals surface area contributed by atoms with Crippen molar-refractivity contribution >= 4 is 58.4 Å². The van der Waals surface area contributed by atoms with E-state index in [0.717, 1.165) is 21.8 Å². The standard InChI is InChI=1S/C23H18Cl3NO3S/c24-18-7-9-20(10-8-18)31-14-15-1-3-16(4-2-15)23(29)30-13-22(28)27-12-17-5-6-19(25)11-21(17)26/h1-11H,12-14H2,(H,27,28). The second kappa shape index (κ2) is 11.4. The molecule has 0 bridgehead atoms. The van der Waals surface area contributed by atoms with Gasteiger partial charge in [0.15, 0.2) is 6.61 Å². The Kier molecular flexibility index (Phi) is 8.67. The minimum Gasteiger partial charge on any atom is -0.452 e. The van der Waals surface area contributed by atoms with Gasteiger partial charge in [-0.05, 0) is 59.7 Å². The summed E-state index contributed by atoms with van der Waals surface area (Å²) < 4.78 is 5.09. The summed E-state index contributed by atoms with van der Waals surface area (Å²) >= 11 is 19.5. The lowest BCUT2D eigenvalue weighted by Gasteiger charge is -2.09. The summed E-state index contributed by atoms with van der Waals surface area (Å²) in [4.78, 5) is 25.2. The lowest BCUT2D eigenvalue weighted by atomic mass is 10.1. The zero-order chi connectivity index (χ0) is 22.2. The second-order valence-corrected chi connectivity index (χ2v) is 8.86. The molecular formula is C23H18Cl3NO3S. The lowest BCUT2D eigenvalue weighted by Crippen LogP contribution is -2.28. The number of esters is 1. The van der Waals surface area contributed by atoms with Crippen LogP contribution in [-0.4, -0.2) is 18.5 Å². The lowest BCUT2D eigenvalue weighted by molar-refractivity contribution is -0.124. The van der Waals surface area contributed by atoms with Crippen LogP contribution in [0.1, 0.15) is 21.5 Å². The zero-order valence-corrected chi connectivity index (χ0v) is 19.3. The van der Waals surface area contributed by atoms with Crippen molar-refractivity contribution in [3.8, 4) is 0 Å². The van der Waals surface area contributed by atoms with Crippen LogP contribution in [0.5, 0.6) is 0 Å². The van der Waals surface area contributed by atoms with Crippen LogP contribution in [0.25, 0.3) is 0 Å². The SMILES string of the molecule is O=C(COC(=O)c1ccc(CSc2ccc(Cl)cc2)cc1)NCc1ccc(Cl)cc1Cl. The molecule has 31 heavy (non-hydrogen) atoms. The summed E-state index contributed by atoms with van der Waals surface area (Å²) in [6.45, 7) is -0.162. The number of thioether (sulfide) groups is 1. The molecule has 0 fully saturated rings. The number of hydrogen-bond acceptors (Lipinski definition) is 4. The number of benzene rings is 3. The molecule has 4 nitrogen and oxygen atoms in total. The van der Waals surface area contributed by atoms with Gasteiger partial charge in [0.25, 0.3) is 5.91 Å². The number of rotatable bonds is 8. The van der Waals surface area contributed by atoms with E-state index in [-0.39, 0.29) is 13.2 Å². The summed E-state index contributed by atoms with van der Waals surface area (Å²) in [6, 6.07) is 19.7. The number of hydrogen-bond donors (Lipinski definition) is 1. The first kappa shape index (κ1) is 23.5. The smallest absolute Gasteiger partial charge is 0.338 e. The van der Waals surface area contributed by atoms with E-state index in [1.165, 1.54) is 0 Å². The van der Waals surface area contributed by atoms with Gasteiger partial charge in [0, 0.05) is 32.3 Å². The maximum atomic E-state index is 12.2. The summed E-state index contributed by atoms with van der Waals surface area (Å²) in [6.07, 6.45) is 0. The van der Waals surface area contributed by atoms with Crippen molar-refractivity contribution in [3.63, 3.8) is 0 Å². The molecule has 0 atom stereocenters. The molecule has 1 N–H and O–H groups in total. The van der Waals surface area contributed by atoms with Crippen LogP contribution in [0.3, 0.4) is 0 Å². The minimum absolute atomic E-state index is 0.215. The van der Waals surface area contributed by atoms with Gasteiger partial charge >= 0.3 is 5.97 Å². The molecule has 3 aromatic rings. The Morgan fingerprint density at radius 2 is 1.55 bits per heavy atom. The molecule has 0 radical (unpaired) electrons. The molecule has 160 valence electrons. The number of nitrogens with one attached hydrogen (secondary N) is 1. The van der Waals surface area contributed by atoms with Crippen molar-refractivity contribution in [3.05, 3.63) is 98.5 Å². The van der Waals surface area contributed by atoms with Crippen LogP contribution in [0.4, 0.5) is 0 Å². The molecule has 0 spiro atoms. The molecule has 3 aromatic carbocycles. The Hall–Kier alpha value is -2.18. The fourth-order valence-corrected chi connectivity index (χ4v) is 4.01. The van der Waals surface area contributed by atoms with Crippen LogP contribution < -0.4 is 5.32 Å². The quantitative estimate of drug-likeness (QED) is 0.290. The Balaban J connectivity index is 1.43. The number of halogens is 3. The first-order chi connectivity index (χ1) is 14.9. The summed E-state index contributed by atoms with van der Waals surface area (Å²) in [7, 11) is 0. The van der Waals surface area contributed by atoms with E-state index in [9.17, 15) is 9.59 Å². The molecular weight excluding hydrogens is 477 g/mol. The van der Waals surface area contributed by atoms with Gasteiger partial charge in [-0.15, -0.1) is 11.8 Å². The van der Waals surface area contributed by atoms with Gasteiger partial charge in [0.2, 0.25) is 0 Å². The average Bonchev–Trinajstić information content (AvgIpc) is 2.77. The van der Waals surface area contributed by atoms with Gasteiger partial charge in [0.1, 0.15) is 0 Å². The predicted molar refractivity (Wildman–Crippen MR) is 126 cm³/mol. The zero-order valence-electron chi connectivity index (χ0n) is 16.2. The average molecular weight is 495 g/mol. The van der Waals surface area contributed by atoms with Crippen LogP contribution in [-0.2, 0) is 21.8 Å². The van der Waals surface area contributed by atoms with Gasteiger partial charge in [-0.25, -0.2) is 4.79 Å². The summed E-state index contributed by atoms with van der Waals surface area (Å²) in [5.74, 6) is -0.223. The third-order valence-electron chi connectivity index (χ3n) is 4.23. The number of carbonyl (C=O) groups excluding carboxylic acids is 2. The van der Waals surface area contributed by atoms with Gasteiger partial charge in [-0.2, -0.15) is 0 Å². The highest BCUT2D eigenvalue weighted by Crippen LogP contribution is 2.24. The third kappa shape index (κ3) is 7.47. The normalized spacial score (nSPS) is 10.5. The molecule has 3 rings (SSSR count). The van der Waals surface area contributed by atoms with Gasteiger partial charge in [-0.1, -0.05) is 53.0 Å². The van der Waals surface area contributed by atoms with Crippen LogP contribution in [0, 0.1) is 0 Å². The van der Waals surface area contributed by atoms with Crippen LogP contribution in [0.2, 0.25) is 15.1 Å². The Morgan fingerprint density at radius 3 is 2.23 bits per heavy atom. The molecule has 0 aromatic heterocycles. The van der Waals surface area contributed by atoms with Crippen molar-refractivity contribution in [2.75, 3.05) is 6.61 Å². The molecule has 0 saturated carbocycles. The van der Waals surface area contributed by atoms with Gasteiger partial charge in [-0.3, -0.25) is 4.79 Å². The highest BCUT2D eigenvalue weighted by Gasteiger charge is 2.11. The molecule has 0 saturated heterocycles. The maximum absolute atomic E-state index is 12.2. The Labute approximate surface area is 199 Å². The first-order valence-corrected chi connectivity index (χ1v) is 11.4. The monoisotopic (exact) mass is 493 g/mol. The molecule has 0 aliphatic carbocycles. The van der Waals surface area contributed by atoms with Crippen molar-refractivity contribution in [2.45, 2.75) is 17.2 Å². The van der Waals surface area contributed by atoms with Crippen LogP contribution >= 0.6 is 46.6 Å². The van der Waals surface area contributed by atoms with E-state index < -0.39 is 11.9 Å². The van der Waals surface area contributed by atoms with E-state index in [1.807, 2.05) is 36.4 Å². The highest BCUT2D eigenvalue weighted by atomic mass is 35.5. The molecule has 0 aliphatic heterocycles. The molecule has 8 heteroatoms. The van der Waals surface area contributed by atoms with Crippen molar-refractivity contribution < 1.29 is 14.3 Å². The number of amides is 1. The molecule has 0 unspecified atom stereocenters. The molecule has 0 heterocycles. The maximum Gasteiger partial charge on any atom is 0.338 e. The van der Waals surface area contributed by atoms with Crippen molar-refractivity contribution in [2.24, 2.45) is 0 Å².